The summed E-state index contributed by atoms with van der Waals surface area (Å²) < 4.78 is 0. The number of aliphatic carboxylic acids is 1. The van der Waals surface area contributed by atoms with Crippen LogP contribution in [0.15, 0.2) is 0 Å². The predicted molar refractivity (Wildman–Crippen MR) is 384 cm³/mol. The molecule has 47 heteroatoms. The fourth-order valence-electron chi connectivity index (χ4n) is 9.11. The van der Waals surface area contributed by atoms with Gasteiger partial charge < -0.3 is 147 Å². The van der Waals surface area contributed by atoms with Crippen LogP contribution in [0.3, 0.4) is 0 Å². The molecule has 0 radical (unpaired) electrons. The molecule has 0 rings (SSSR count). The molecule has 0 spiro atoms. The number of nitrogens with two attached hydrogens (primary N) is 9. The summed E-state index contributed by atoms with van der Waals surface area (Å²) in [6, 6.07) is -14.7. The standard InChI is InChI=1S/C54H108N34O11S2/c55-27(25-100)37(89)80-28(9-1-17-72-47(56)57)38(90)81-29(10-2-18-73-48(58)59)39(91)82-30(11-3-19-74-49(60)61)40(92)83-31(12-4-20-75-50(62)63)41(93)84-32(13-5-21-76-51(64)65)42(94)85-33(14-6-22-77-52(66)67)43(95)86-34(15-7-23-78-53(68)69)44(96)87-35(16-8-24-79-54(70)71)45(97)88-36(26-101)46(98)99/h27-36,100-101H,1-26,55H2,(H,80,89)(H,81,90)(H,82,91)(H,83,92)(H,84,93)(H,85,94)(H,86,95)(H,87,96)(H,88,97)(H,98,99)(H4,56,57,72)(H4,58,59,73)(H4,60,61,74)(H4,62,63,75)(H4,64,65,76)(H4,66,67,77)(H4,68,69,78)(H4,70,71,79)/t27-,28-,29-,30-,31-,32-,33-,34-,35-,36-/m0/s1. The van der Waals surface area contributed by atoms with Crippen molar-refractivity contribution >= 4 is 132 Å². The minimum Gasteiger partial charge on any atom is -0.480 e. The zero-order chi connectivity index (χ0) is 76.6. The van der Waals surface area contributed by atoms with E-state index >= 15 is 0 Å². The second kappa shape index (κ2) is 51.7. The van der Waals surface area contributed by atoms with Gasteiger partial charge in [-0.25, -0.2) is 4.79 Å². The van der Waals surface area contributed by atoms with E-state index in [0.717, 1.165) is 0 Å². The van der Waals surface area contributed by atoms with Crippen LogP contribution in [0, 0.1) is 43.3 Å². The van der Waals surface area contributed by atoms with E-state index in [4.69, 9.17) is 94.9 Å². The number of rotatable bonds is 53. The van der Waals surface area contributed by atoms with Gasteiger partial charge in [-0.15, -0.1) is 0 Å². The van der Waals surface area contributed by atoms with Crippen molar-refractivity contribution in [3.8, 4) is 0 Å². The van der Waals surface area contributed by atoms with Gasteiger partial charge in [-0.05, 0) is 103 Å². The fraction of sp³-hybridized carbons (Fsp3) is 0.667. The van der Waals surface area contributed by atoms with Crippen LogP contribution >= 0.6 is 25.3 Å². The summed E-state index contributed by atoms with van der Waals surface area (Å²) in [6.07, 6.45) is -1.04. The van der Waals surface area contributed by atoms with Crippen molar-refractivity contribution in [2.45, 2.75) is 163 Å². The number of hydrogen-bond acceptors (Lipinski definition) is 21. The van der Waals surface area contributed by atoms with Crippen LogP contribution in [0.25, 0.3) is 0 Å². The summed E-state index contributed by atoms with van der Waals surface area (Å²) in [7, 11) is 0. The normalized spacial score (nSPS) is 13.6. The number of amides is 9. The maximum absolute atomic E-state index is 14.8. The lowest BCUT2D eigenvalue weighted by Crippen LogP contribution is -2.60. The molecule has 0 unspecified atom stereocenters. The molecule has 0 fully saturated rings. The van der Waals surface area contributed by atoms with Gasteiger partial charge in [-0.1, -0.05) is 0 Å². The summed E-state index contributed by atoms with van der Waals surface area (Å²) in [5.41, 5.74) is 49.8. The molecule has 0 heterocycles. The highest BCUT2D eigenvalue weighted by molar-refractivity contribution is 7.80. The van der Waals surface area contributed by atoms with Crippen molar-refractivity contribution in [3.63, 3.8) is 0 Å². The molecule has 0 aromatic rings. The molecule has 0 saturated carbocycles. The minimum atomic E-state index is -1.60. The Hall–Kier alpha value is -10.5. The molecule has 10 atom stereocenters. The van der Waals surface area contributed by atoms with Gasteiger partial charge in [0.1, 0.15) is 54.4 Å². The van der Waals surface area contributed by atoms with E-state index < -0.39 is 161 Å². The topological polar surface area (TPSA) is 820 Å². The zero-order valence-electron chi connectivity index (χ0n) is 56.3. The largest absolute Gasteiger partial charge is 0.480 e. The lowest BCUT2D eigenvalue weighted by atomic mass is 10.0. The van der Waals surface area contributed by atoms with Gasteiger partial charge in [-0.3, -0.25) is 86.4 Å². The third kappa shape index (κ3) is 43.5. The maximum atomic E-state index is 14.8. The van der Waals surface area contributed by atoms with Crippen LogP contribution in [-0.2, 0) is 47.9 Å². The van der Waals surface area contributed by atoms with Crippen LogP contribution in [0.1, 0.15) is 103 Å². The third-order valence-corrected chi connectivity index (χ3v) is 15.0. The third-order valence-electron chi connectivity index (χ3n) is 14.3. The Kier molecular flexibility index (Phi) is 46.3. The second-order valence-corrected chi connectivity index (χ2v) is 23.5. The quantitative estimate of drug-likeness (QED) is 0.0116. The first-order chi connectivity index (χ1) is 47.6. The molecular formula is C54H108N34O11S2. The minimum absolute atomic E-state index is 0.00141. The first-order valence-electron chi connectivity index (χ1n) is 32.2. The first-order valence-corrected chi connectivity index (χ1v) is 33.5. The smallest absolute Gasteiger partial charge is 0.327 e. The number of thiol groups is 2. The van der Waals surface area contributed by atoms with Gasteiger partial charge in [-0.2, -0.15) is 25.3 Å². The molecule has 45 nitrogen and oxygen atoms in total. The molecule has 572 valence electrons. The zero-order valence-corrected chi connectivity index (χ0v) is 58.1. The van der Waals surface area contributed by atoms with Crippen LogP contribution < -0.4 is 142 Å². The second-order valence-electron chi connectivity index (χ2n) is 22.7. The molecule has 0 aromatic heterocycles. The molecule has 44 N–H and O–H groups in total. The van der Waals surface area contributed by atoms with Gasteiger partial charge in [0, 0.05) is 63.9 Å². The van der Waals surface area contributed by atoms with Crippen molar-refractivity contribution in [3.05, 3.63) is 0 Å². The lowest BCUT2D eigenvalue weighted by Gasteiger charge is -2.29. The van der Waals surface area contributed by atoms with Crippen molar-refractivity contribution in [2.75, 3.05) is 63.9 Å². The van der Waals surface area contributed by atoms with Crippen molar-refractivity contribution in [1.29, 1.82) is 43.3 Å². The summed E-state index contributed by atoms with van der Waals surface area (Å²) in [4.78, 5) is 140. The summed E-state index contributed by atoms with van der Waals surface area (Å²) >= 11 is 8.06. The lowest BCUT2D eigenvalue weighted by molar-refractivity contribution is -0.141. The summed E-state index contributed by atoms with van der Waals surface area (Å²) in [5.74, 6) is -13.7. The molecule has 0 bridgehead atoms. The molecule has 9 amide bonds. The Bertz CT molecular complexity index is 2790. The molecule has 0 aliphatic rings. The maximum Gasteiger partial charge on any atom is 0.327 e. The summed E-state index contributed by atoms with van der Waals surface area (Å²) in [6.45, 7) is 0.0852. The van der Waals surface area contributed by atoms with E-state index in [1.54, 1.807) is 0 Å². The highest BCUT2D eigenvalue weighted by atomic mass is 32.1. The Labute approximate surface area is 595 Å². The van der Waals surface area contributed by atoms with Gasteiger partial charge in [0.15, 0.2) is 47.7 Å². The van der Waals surface area contributed by atoms with Crippen molar-refractivity contribution in [1.82, 2.24) is 90.4 Å². The molecule has 0 saturated heterocycles. The number of hydrogen-bond donors (Lipinski definition) is 37. The average molecular weight is 1470 g/mol. The first kappa shape index (κ1) is 90.5. The summed E-state index contributed by atoms with van der Waals surface area (Å²) in [5, 5.41) is 114. The van der Waals surface area contributed by atoms with Crippen molar-refractivity contribution < 1.29 is 53.1 Å². The van der Waals surface area contributed by atoms with Crippen LogP contribution in [-0.4, -0.2) is 236 Å². The Morgan fingerprint density at radius 1 is 0.257 bits per heavy atom. The van der Waals surface area contributed by atoms with E-state index in [1.165, 1.54) is 0 Å². The van der Waals surface area contributed by atoms with E-state index in [9.17, 15) is 53.1 Å². The van der Waals surface area contributed by atoms with E-state index in [0.29, 0.717) is 0 Å². The Morgan fingerprint density at radius 2 is 0.396 bits per heavy atom. The van der Waals surface area contributed by atoms with E-state index in [1.807, 2.05) is 0 Å². The highest BCUT2D eigenvalue weighted by Crippen LogP contribution is 2.11. The number of carboxylic acid groups (broad SMARTS) is 1. The Balaban J connectivity index is 7.80. The Morgan fingerprint density at radius 3 is 0.515 bits per heavy atom. The van der Waals surface area contributed by atoms with E-state index in [2.05, 4.69) is 116 Å². The average Bonchev–Trinajstić information content (AvgIpc) is 0.869. The van der Waals surface area contributed by atoms with Crippen LogP contribution in [0.5, 0.6) is 0 Å². The molecule has 0 aliphatic heterocycles. The number of nitrogens with one attached hydrogen (secondary N) is 25. The monoisotopic (exact) mass is 1470 g/mol. The molecule has 101 heavy (non-hydrogen) atoms. The predicted octanol–water partition coefficient (Wildman–Crippen LogP) is -11.3. The number of carbonyl (C=O) groups is 10. The van der Waals surface area contributed by atoms with E-state index in [-0.39, 0.29) is 173 Å². The van der Waals surface area contributed by atoms with Gasteiger partial charge >= 0.3 is 5.97 Å². The van der Waals surface area contributed by atoms with Crippen LogP contribution in [0.4, 0.5) is 0 Å². The molecule has 0 aromatic carbocycles. The van der Waals surface area contributed by atoms with Gasteiger partial charge in [0.05, 0.1) is 6.04 Å². The van der Waals surface area contributed by atoms with Gasteiger partial charge in [0.2, 0.25) is 53.2 Å². The van der Waals surface area contributed by atoms with Crippen LogP contribution in [0.2, 0.25) is 0 Å². The van der Waals surface area contributed by atoms with Gasteiger partial charge in [0.25, 0.3) is 0 Å². The molecular weight excluding hydrogens is 1360 g/mol. The number of guanidine groups is 8. The fourth-order valence-corrected chi connectivity index (χ4v) is 9.52. The number of carbonyl (C=O) groups excluding carboxylic acids is 9. The van der Waals surface area contributed by atoms with Crippen molar-refractivity contribution in [2.24, 2.45) is 51.6 Å². The highest BCUT2D eigenvalue weighted by Gasteiger charge is 2.36. The molecule has 0 aliphatic carbocycles. The number of carboxylic acids is 1. The SMILES string of the molecule is N=C(N)NCCC[C@H](NC(=O)[C@H](CCCNC(=N)N)NC(=O)[C@H](CCCNC(=N)N)NC(=O)[C@H](CCCNC(=N)N)NC(=O)[C@H](CCCNC(=N)N)NC(=O)[C@H](CCCNC(=N)N)NC(=O)[C@H](CCCNC(=N)N)NC(=O)[C@H](CCCNC(=N)N)NC(=O)[C@@H](N)CS)C(=O)N[C@@H](CS)C(=O)O.